The number of nitrogens with zero attached hydrogens (tertiary/aromatic N) is 3. The van der Waals surface area contributed by atoms with Crippen LogP contribution in [0.4, 0.5) is 0 Å². The Labute approximate surface area is 158 Å². The van der Waals surface area contributed by atoms with Gasteiger partial charge in [0.15, 0.2) is 0 Å². The first-order valence-electron chi connectivity index (χ1n) is 9.06. The molecule has 2 aromatic carbocycles. The molecule has 27 heavy (non-hydrogen) atoms. The lowest BCUT2D eigenvalue weighted by Crippen LogP contribution is -2.03. The van der Waals surface area contributed by atoms with Crippen molar-refractivity contribution >= 4 is 21.9 Å². The Morgan fingerprint density at radius 1 is 0.963 bits per heavy atom. The molecule has 5 nitrogen and oxygen atoms in total. The molecule has 0 atom stereocenters. The van der Waals surface area contributed by atoms with Crippen LogP contribution in [0, 0.1) is 5.92 Å². The molecule has 0 unspecified atom stereocenters. The summed E-state index contributed by atoms with van der Waals surface area (Å²) in [7, 11) is 3.33. The predicted octanol–water partition coefficient (Wildman–Crippen LogP) is 4.92. The molecule has 4 rings (SSSR count). The lowest BCUT2D eigenvalue weighted by molar-refractivity contribution is 0.395. The number of rotatable bonds is 5. The van der Waals surface area contributed by atoms with Crippen LogP contribution in [-0.4, -0.2) is 28.8 Å². The third-order valence-corrected chi connectivity index (χ3v) is 4.73. The number of aromatic nitrogens is 3. The minimum absolute atomic E-state index is 0.537. The van der Waals surface area contributed by atoms with Crippen LogP contribution in [0.25, 0.3) is 33.1 Å². The van der Waals surface area contributed by atoms with Gasteiger partial charge in [-0.15, -0.1) is 0 Å². The lowest BCUT2D eigenvalue weighted by atomic mass is 10.0. The van der Waals surface area contributed by atoms with Crippen molar-refractivity contribution in [3.05, 3.63) is 48.9 Å². The maximum absolute atomic E-state index is 5.59. The van der Waals surface area contributed by atoms with E-state index in [0.717, 1.165) is 51.1 Å². The molecular formula is C22H23N3O2. The standard InChI is InChI=1S/C22H23N3O2/c1-14(2)12-25-13-24-20-11-23-19-8-5-15(9-18(19)22(20)25)17-7-6-16(26-3)10-21(17)27-4/h5-11,13-14H,12H2,1-4H3. The molecule has 0 saturated heterocycles. The number of hydrogen-bond donors (Lipinski definition) is 0. The van der Waals surface area contributed by atoms with Crippen molar-refractivity contribution in [1.82, 2.24) is 14.5 Å². The Morgan fingerprint density at radius 2 is 1.81 bits per heavy atom. The van der Waals surface area contributed by atoms with Crippen LogP contribution < -0.4 is 9.47 Å². The molecule has 0 bridgehead atoms. The number of benzene rings is 2. The first kappa shape index (κ1) is 17.3. The van der Waals surface area contributed by atoms with Crippen molar-refractivity contribution < 1.29 is 9.47 Å². The molecule has 0 aliphatic heterocycles. The fraction of sp³-hybridized carbons (Fsp3) is 0.273. The van der Waals surface area contributed by atoms with E-state index in [1.807, 2.05) is 30.7 Å². The second-order valence-electron chi connectivity index (χ2n) is 7.08. The number of methoxy groups -OCH3 is 2. The Morgan fingerprint density at radius 3 is 2.56 bits per heavy atom. The first-order chi connectivity index (χ1) is 13.1. The Kier molecular flexibility index (Phi) is 4.44. The fourth-order valence-corrected chi connectivity index (χ4v) is 3.49. The summed E-state index contributed by atoms with van der Waals surface area (Å²) in [5.41, 5.74) is 5.11. The number of hydrogen-bond acceptors (Lipinski definition) is 4. The van der Waals surface area contributed by atoms with Crippen LogP contribution in [0.5, 0.6) is 11.5 Å². The average Bonchev–Trinajstić information content (AvgIpc) is 3.09. The van der Waals surface area contributed by atoms with E-state index in [1.54, 1.807) is 14.2 Å². The molecule has 2 heterocycles. The molecule has 0 spiro atoms. The van der Waals surface area contributed by atoms with Gasteiger partial charge in [-0.05, 0) is 35.7 Å². The van der Waals surface area contributed by atoms with Crippen LogP contribution in [0.2, 0.25) is 0 Å². The molecule has 0 N–H and O–H groups in total. The second-order valence-corrected chi connectivity index (χ2v) is 7.08. The summed E-state index contributed by atoms with van der Waals surface area (Å²) in [6, 6.07) is 12.2. The molecule has 0 aliphatic carbocycles. The molecular weight excluding hydrogens is 338 g/mol. The maximum atomic E-state index is 5.59. The minimum atomic E-state index is 0.537. The Bertz CT molecular complexity index is 1120. The minimum Gasteiger partial charge on any atom is -0.497 e. The van der Waals surface area contributed by atoms with Gasteiger partial charge in [0.1, 0.15) is 17.0 Å². The fourth-order valence-electron chi connectivity index (χ4n) is 3.49. The van der Waals surface area contributed by atoms with Gasteiger partial charge >= 0.3 is 0 Å². The van der Waals surface area contributed by atoms with Gasteiger partial charge in [0, 0.05) is 23.6 Å². The third-order valence-electron chi connectivity index (χ3n) is 4.73. The van der Waals surface area contributed by atoms with Crippen LogP contribution in [0.3, 0.4) is 0 Å². The highest BCUT2D eigenvalue weighted by atomic mass is 16.5. The molecule has 0 aliphatic rings. The van der Waals surface area contributed by atoms with Gasteiger partial charge in [-0.25, -0.2) is 4.98 Å². The van der Waals surface area contributed by atoms with E-state index in [0.29, 0.717) is 5.92 Å². The van der Waals surface area contributed by atoms with E-state index >= 15 is 0 Å². The zero-order valence-electron chi connectivity index (χ0n) is 16.1. The Hall–Kier alpha value is -3.08. The van der Waals surface area contributed by atoms with Gasteiger partial charge in [-0.1, -0.05) is 19.9 Å². The van der Waals surface area contributed by atoms with Gasteiger partial charge in [0.2, 0.25) is 0 Å². The SMILES string of the molecule is COc1ccc(-c2ccc3ncc4ncn(CC(C)C)c4c3c2)c(OC)c1. The summed E-state index contributed by atoms with van der Waals surface area (Å²) >= 11 is 0. The summed E-state index contributed by atoms with van der Waals surface area (Å²) in [5, 5.41) is 1.10. The number of pyridine rings is 1. The molecule has 138 valence electrons. The highest BCUT2D eigenvalue weighted by Gasteiger charge is 2.13. The van der Waals surface area contributed by atoms with Gasteiger partial charge in [0.05, 0.1) is 37.8 Å². The van der Waals surface area contributed by atoms with Gasteiger partial charge in [-0.2, -0.15) is 0 Å². The van der Waals surface area contributed by atoms with Crippen molar-refractivity contribution in [2.24, 2.45) is 5.92 Å². The Balaban J connectivity index is 1.93. The summed E-state index contributed by atoms with van der Waals surface area (Å²) < 4.78 is 13.1. The molecule has 5 heteroatoms. The van der Waals surface area contributed by atoms with Crippen molar-refractivity contribution in [1.29, 1.82) is 0 Å². The van der Waals surface area contributed by atoms with Gasteiger partial charge in [0.25, 0.3) is 0 Å². The van der Waals surface area contributed by atoms with Crippen LogP contribution >= 0.6 is 0 Å². The predicted molar refractivity (Wildman–Crippen MR) is 108 cm³/mol. The monoisotopic (exact) mass is 361 g/mol. The van der Waals surface area contributed by atoms with Crippen LogP contribution in [0.15, 0.2) is 48.9 Å². The molecule has 0 fully saturated rings. The molecule has 0 radical (unpaired) electrons. The van der Waals surface area contributed by atoms with E-state index in [9.17, 15) is 0 Å². The number of fused-ring (bicyclic) bond motifs is 3. The van der Waals surface area contributed by atoms with E-state index in [1.165, 1.54) is 0 Å². The summed E-state index contributed by atoms with van der Waals surface area (Å²) in [6.45, 7) is 5.34. The van der Waals surface area contributed by atoms with Crippen LogP contribution in [0.1, 0.15) is 13.8 Å². The zero-order chi connectivity index (χ0) is 19.0. The average molecular weight is 361 g/mol. The second kappa shape index (κ2) is 6.91. The van der Waals surface area contributed by atoms with Gasteiger partial charge in [-0.3, -0.25) is 4.98 Å². The quantitative estimate of drug-likeness (QED) is 0.506. The third kappa shape index (κ3) is 3.10. The summed E-state index contributed by atoms with van der Waals surface area (Å²) in [6.07, 6.45) is 3.76. The maximum Gasteiger partial charge on any atom is 0.130 e. The largest absolute Gasteiger partial charge is 0.497 e. The highest BCUT2D eigenvalue weighted by molar-refractivity contribution is 6.03. The summed E-state index contributed by atoms with van der Waals surface area (Å²) in [4.78, 5) is 9.12. The molecule has 4 aromatic rings. The smallest absolute Gasteiger partial charge is 0.130 e. The molecule has 0 saturated carbocycles. The first-order valence-corrected chi connectivity index (χ1v) is 9.06. The van der Waals surface area contributed by atoms with E-state index in [-0.39, 0.29) is 0 Å². The van der Waals surface area contributed by atoms with Crippen LogP contribution in [-0.2, 0) is 6.54 Å². The number of ether oxygens (including phenoxy) is 2. The van der Waals surface area contributed by atoms with Gasteiger partial charge < -0.3 is 14.0 Å². The topological polar surface area (TPSA) is 49.2 Å². The van der Waals surface area contributed by atoms with E-state index in [4.69, 9.17) is 9.47 Å². The van der Waals surface area contributed by atoms with E-state index in [2.05, 4.69) is 46.6 Å². The van der Waals surface area contributed by atoms with Crippen molar-refractivity contribution in [2.75, 3.05) is 14.2 Å². The highest BCUT2D eigenvalue weighted by Crippen LogP contribution is 2.35. The normalized spacial score (nSPS) is 11.4. The van der Waals surface area contributed by atoms with Crippen molar-refractivity contribution in [3.63, 3.8) is 0 Å². The number of imidazole rings is 1. The van der Waals surface area contributed by atoms with E-state index < -0.39 is 0 Å². The molecule has 2 aromatic heterocycles. The van der Waals surface area contributed by atoms with Crippen molar-refractivity contribution in [3.8, 4) is 22.6 Å². The zero-order valence-corrected chi connectivity index (χ0v) is 16.1. The summed E-state index contributed by atoms with van der Waals surface area (Å²) in [5.74, 6) is 2.09. The molecule has 0 amide bonds. The lowest BCUT2D eigenvalue weighted by Gasteiger charge is -2.12. The van der Waals surface area contributed by atoms with Crippen molar-refractivity contribution in [2.45, 2.75) is 20.4 Å².